The summed E-state index contributed by atoms with van der Waals surface area (Å²) in [4.78, 5) is 42.9. The SMILES string of the molecule is Cc1c2c(c(C)c(N(C)C(=O)CC3CCCCC3)c1C(OC(C)(C)C)C(=O)O)CN(C(=O)c1cccc(F)c1)C2. The smallest absolute Gasteiger partial charge is 0.337 e. The summed E-state index contributed by atoms with van der Waals surface area (Å²) in [5, 5.41) is 10.3. The molecule has 0 saturated heterocycles. The molecule has 0 aromatic heterocycles. The summed E-state index contributed by atoms with van der Waals surface area (Å²) in [5.41, 5.74) is 3.66. The van der Waals surface area contributed by atoms with Gasteiger partial charge in [0.1, 0.15) is 5.82 Å². The first-order chi connectivity index (χ1) is 18.8. The minimum atomic E-state index is -1.31. The number of nitrogens with zero attached hydrogens (tertiary/aromatic N) is 2. The Balaban J connectivity index is 1.79. The number of carboxylic acids is 1. The lowest BCUT2D eigenvalue weighted by Gasteiger charge is -2.33. The Kier molecular flexibility index (Phi) is 8.69. The zero-order chi connectivity index (χ0) is 29.4. The van der Waals surface area contributed by atoms with Gasteiger partial charge in [-0.1, -0.05) is 25.3 Å². The van der Waals surface area contributed by atoms with Crippen molar-refractivity contribution in [3.63, 3.8) is 0 Å². The largest absolute Gasteiger partial charge is 0.479 e. The fourth-order valence-corrected chi connectivity index (χ4v) is 6.19. The molecule has 1 aliphatic carbocycles. The highest BCUT2D eigenvalue weighted by molar-refractivity contribution is 5.97. The molecule has 2 aromatic carbocycles. The number of carbonyl (C=O) groups is 3. The molecule has 1 N–H and O–H groups in total. The minimum absolute atomic E-state index is 0.0545. The van der Waals surface area contributed by atoms with Crippen LogP contribution >= 0.6 is 0 Å². The van der Waals surface area contributed by atoms with E-state index in [9.17, 15) is 23.9 Å². The number of hydrogen-bond acceptors (Lipinski definition) is 4. The van der Waals surface area contributed by atoms with Gasteiger partial charge in [-0.05, 0) is 93.8 Å². The van der Waals surface area contributed by atoms with Crippen LogP contribution in [0.2, 0.25) is 0 Å². The van der Waals surface area contributed by atoms with Crippen LogP contribution in [0.4, 0.5) is 10.1 Å². The van der Waals surface area contributed by atoms with Crippen molar-refractivity contribution in [1.82, 2.24) is 4.90 Å². The van der Waals surface area contributed by atoms with Gasteiger partial charge in [0.05, 0.1) is 11.3 Å². The van der Waals surface area contributed by atoms with E-state index in [1.165, 1.54) is 24.6 Å². The number of benzene rings is 2. The standard InChI is InChI=1S/C32H41FN2O5/c1-19-24-17-35(30(37)22-13-10-14-23(33)16-22)18-25(24)20(2)28(27(19)29(31(38)39)40-32(3,4)5)34(6)26(36)15-21-11-8-7-9-12-21/h10,13-14,16,21,29H,7-9,11-12,15,17-18H2,1-6H3,(H,38,39). The first-order valence-corrected chi connectivity index (χ1v) is 14.1. The average molecular weight is 553 g/mol. The molecule has 2 aliphatic rings. The number of carbonyl (C=O) groups excluding carboxylic acids is 2. The summed E-state index contributed by atoms with van der Waals surface area (Å²) < 4.78 is 20.0. The number of rotatable bonds is 7. The highest BCUT2D eigenvalue weighted by atomic mass is 19.1. The second-order valence-electron chi connectivity index (χ2n) is 12.3. The summed E-state index contributed by atoms with van der Waals surface area (Å²) in [6.07, 6.45) is 4.60. The summed E-state index contributed by atoms with van der Waals surface area (Å²) >= 11 is 0. The molecule has 40 heavy (non-hydrogen) atoms. The third-order valence-electron chi connectivity index (χ3n) is 8.20. The number of anilines is 1. The van der Waals surface area contributed by atoms with Gasteiger partial charge in [-0.3, -0.25) is 9.59 Å². The molecule has 0 radical (unpaired) electrons. The van der Waals surface area contributed by atoms with Crippen molar-refractivity contribution in [3.05, 3.63) is 63.5 Å². The predicted molar refractivity (Wildman–Crippen MR) is 152 cm³/mol. The monoisotopic (exact) mass is 552 g/mol. The van der Waals surface area contributed by atoms with Crippen molar-refractivity contribution in [3.8, 4) is 0 Å². The van der Waals surface area contributed by atoms with Gasteiger partial charge in [0.25, 0.3) is 5.91 Å². The molecular weight excluding hydrogens is 511 g/mol. The van der Waals surface area contributed by atoms with Crippen LogP contribution in [0.5, 0.6) is 0 Å². The van der Waals surface area contributed by atoms with Gasteiger partial charge in [0, 0.05) is 37.7 Å². The van der Waals surface area contributed by atoms with Gasteiger partial charge in [0.2, 0.25) is 5.91 Å². The van der Waals surface area contributed by atoms with Crippen molar-refractivity contribution in [2.75, 3.05) is 11.9 Å². The lowest BCUT2D eigenvalue weighted by atomic mass is 9.86. The van der Waals surface area contributed by atoms with E-state index in [2.05, 4.69) is 0 Å². The molecule has 2 aromatic rings. The molecular formula is C32H41FN2O5. The number of carboxylic acid groups (broad SMARTS) is 1. The lowest BCUT2D eigenvalue weighted by Crippen LogP contribution is -2.34. The van der Waals surface area contributed by atoms with Crippen molar-refractivity contribution in [2.45, 2.75) is 97.9 Å². The predicted octanol–water partition coefficient (Wildman–Crippen LogP) is 6.47. The normalized spacial score (nSPS) is 16.5. The fourth-order valence-electron chi connectivity index (χ4n) is 6.19. The number of hydrogen-bond donors (Lipinski definition) is 1. The fraction of sp³-hybridized carbons (Fsp3) is 0.531. The Labute approximate surface area is 236 Å². The van der Waals surface area contributed by atoms with Crippen molar-refractivity contribution in [1.29, 1.82) is 0 Å². The molecule has 8 heteroatoms. The molecule has 216 valence electrons. The highest BCUT2D eigenvalue weighted by Gasteiger charge is 2.38. The van der Waals surface area contributed by atoms with Crippen LogP contribution in [0, 0.1) is 25.6 Å². The quantitative estimate of drug-likeness (QED) is 0.425. The van der Waals surface area contributed by atoms with E-state index in [-0.39, 0.29) is 30.5 Å². The summed E-state index contributed by atoms with van der Waals surface area (Å²) in [6, 6.07) is 5.61. The summed E-state index contributed by atoms with van der Waals surface area (Å²) in [6.45, 7) is 9.67. The van der Waals surface area contributed by atoms with Crippen LogP contribution in [0.1, 0.15) is 104 Å². The topological polar surface area (TPSA) is 87.2 Å². The van der Waals surface area contributed by atoms with Crippen LogP contribution in [0.15, 0.2) is 24.3 Å². The maximum atomic E-state index is 13.9. The Bertz CT molecular complexity index is 1310. The molecule has 1 saturated carbocycles. The van der Waals surface area contributed by atoms with Gasteiger partial charge in [-0.2, -0.15) is 0 Å². The zero-order valence-corrected chi connectivity index (χ0v) is 24.5. The van der Waals surface area contributed by atoms with Crippen molar-refractivity contribution < 1.29 is 28.6 Å². The van der Waals surface area contributed by atoms with Crippen LogP contribution in [0.3, 0.4) is 0 Å². The van der Waals surface area contributed by atoms with Gasteiger partial charge < -0.3 is 19.6 Å². The molecule has 0 bridgehead atoms. The van der Waals surface area contributed by atoms with E-state index in [4.69, 9.17) is 4.74 Å². The zero-order valence-electron chi connectivity index (χ0n) is 24.5. The average Bonchev–Trinajstić information content (AvgIpc) is 3.35. The van der Waals surface area contributed by atoms with E-state index < -0.39 is 23.5 Å². The van der Waals surface area contributed by atoms with E-state index in [1.807, 2.05) is 13.8 Å². The van der Waals surface area contributed by atoms with Crippen LogP contribution in [-0.2, 0) is 27.4 Å². The molecule has 1 aliphatic heterocycles. The first kappa shape index (κ1) is 29.7. The third kappa shape index (κ3) is 6.22. The number of ether oxygens (including phenoxy) is 1. The Morgan fingerprint density at radius 2 is 1.70 bits per heavy atom. The summed E-state index contributed by atoms with van der Waals surface area (Å²) in [7, 11) is 1.71. The molecule has 1 fully saturated rings. The van der Waals surface area contributed by atoms with Crippen molar-refractivity contribution in [2.24, 2.45) is 5.92 Å². The molecule has 2 amide bonds. The Hall–Kier alpha value is -3.26. The third-order valence-corrected chi connectivity index (χ3v) is 8.20. The second-order valence-corrected chi connectivity index (χ2v) is 12.3. The molecule has 4 rings (SSSR count). The van der Waals surface area contributed by atoms with Gasteiger partial charge in [-0.25, -0.2) is 9.18 Å². The number of halogens is 1. The highest BCUT2D eigenvalue weighted by Crippen LogP contribution is 2.44. The number of aliphatic carboxylic acids is 1. The van der Waals surface area contributed by atoms with Crippen molar-refractivity contribution >= 4 is 23.5 Å². The second kappa shape index (κ2) is 11.7. The molecule has 7 nitrogen and oxygen atoms in total. The minimum Gasteiger partial charge on any atom is -0.479 e. The van der Waals surface area contributed by atoms with Crippen LogP contribution in [0.25, 0.3) is 0 Å². The summed E-state index contributed by atoms with van der Waals surface area (Å²) in [5.74, 6) is -1.66. The van der Waals surface area contributed by atoms with E-state index in [1.54, 1.807) is 43.7 Å². The van der Waals surface area contributed by atoms with E-state index in [0.717, 1.165) is 42.4 Å². The van der Waals surface area contributed by atoms with Gasteiger partial charge in [0.15, 0.2) is 6.10 Å². The lowest BCUT2D eigenvalue weighted by molar-refractivity contribution is -0.160. The first-order valence-electron chi connectivity index (χ1n) is 14.1. The number of amides is 2. The molecule has 1 heterocycles. The molecule has 1 unspecified atom stereocenters. The van der Waals surface area contributed by atoms with Crippen LogP contribution < -0.4 is 4.90 Å². The van der Waals surface area contributed by atoms with E-state index in [0.29, 0.717) is 29.2 Å². The Morgan fingerprint density at radius 1 is 1.07 bits per heavy atom. The van der Waals surface area contributed by atoms with Gasteiger partial charge >= 0.3 is 5.97 Å². The maximum Gasteiger partial charge on any atom is 0.337 e. The van der Waals surface area contributed by atoms with Crippen LogP contribution in [-0.4, -0.2) is 40.4 Å². The molecule has 0 spiro atoms. The van der Waals surface area contributed by atoms with E-state index >= 15 is 0 Å². The maximum absolute atomic E-state index is 13.9. The van der Waals surface area contributed by atoms with Gasteiger partial charge in [-0.15, -0.1) is 0 Å². The number of fused-ring (bicyclic) bond motifs is 1. The molecule has 1 atom stereocenters. The Morgan fingerprint density at radius 3 is 2.27 bits per heavy atom.